The molecule has 20 heavy (non-hydrogen) atoms. The quantitative estimate of drug-likeness (QED) is 0.710. The molecule has 1 amide bonds. The van der Waals surface area contributed by atoms with E-state index < -0.39 is 6.10 Å². The molecule has 2 N–H and O–H groups in total. The number of carbonyl (C=O) groups is 1. The Morgan fingerprint density at radius 1 is 1.45 bits per heavy atom. The summed E-state index contributed by atoms with van der Waals surface area (Å²) < 4.78 is 10.4. The summed E-state index contributed by atoms with van der Waals surface area (Å²) in [6.07, 6.45) is 0.140. The molecular weight excluding hydrogens is 258 g/mol. The first kappa shape index (κ1) is 16.5. The van der Waals surface area contributed by atoms with E-state index >= 15 is 0 Å². The van der Waals surface area contributed by atoms with E-state index in [0.717, 1.165) is 12.0 Å². The van der Waals surface area contributed by atoms with Crippen LogP contribution in [0.4, 0.5) is 0 Å². The van der Waals surface area contributed by atoms with Gasteiger partial charge in [0.2, 0.25) is 0 Å². The molecule has 0 unspecified atom stereocenters. The van der Waals surface area contributed by atoms with E-state index in [2.05, 4.69) is 5.32 Å². The monoisotopic (exact) mass is 281 g/mol. The van der Waals surface area contributed by atoms with Crippen LogP contribution in [0, 0.1) is 6.92 Å². The van der Waals surface area contributed by atoms with E-state index in [0.29, 0.717) is 24.5 Å². The average Bonchev–Trinajstić information content (AvgIpc) is 2.42. The highest BCUT2D eigenvalue weighted by molar-refractivity contribution is 5.77. The first-order valence-electron chi connectivity index (χ1n) is 6.71. The van der Waals surface area contributed by atoms with Gasteiger partial charge in [-0.2, -0.15) is 0 Å². The second kappa shape index (κ2) is 8.55. The second-order valence-electron chi connectivity index (χ2n) is 4.70. The molecule has 1 aromatic carbocycles. The maximum absolute atomic E-state index is 11.6. The molecule has 1 rings (SSSR count). The molecule has 0 saturated heterocycles. The van der Waals surface area contributed by atoms with Gasteiger partial charge in [-0.15, -0.1) is 0 Å². The summed E-state index contributed by atoms with van der Waals surface area (Å²) >= 11 is 0. The van der Waals surface area contributed by atoms with Gasteiger partial charge in [0.1, 0.15) is 5.75 Å². The largest absolute Gasteiger partial charge is 0.483 e. The lowest BCUT2D eigenvalue weighted by atomic mass is 10.1. The third kappa shape index (κ3) is 5.59. The number of methoxy groups -OCH3 is 1. The number of aryl methyl sites for hydroxylation is 1. The zero-order valence-corrected chi connectivity index (χ0v) is 12.3. The lowest BCUT2D eigenvalue weighted by Crippen LogP contribution is -2.30. The van der Waals surface area contributed by atoms with Crippen LogP contribution < -0.4 is 10.1 Å². The number of hydrogen-bond acceptors (Lipinski definition) is 4. The van der Waals surface area contributed by atoms with Crippen LogP contribution >= 0.6 is 0 Å². The van der Waals surface area contributed by atoms with E-state index in [1.165, 1.54) is 0 Å². The molecular formula is C15H23NO4. The highest BCUT2D eigenvalue weighted by Crippen LogP contribution is 2.26. The Kier molecular flexibility index (Phi) is 7.04. The number of rotatable bonds is 8. The summed E-state index contributed by atoms with van der Waals surface area (Å²) in [4.78, 5) is 11.6. The van der Waals surface area contributed by atoms with Gasteiger partial charge in [-0.25, -0.2) is 0 Å². The lowest BCUT2D eigenvalue weighted by Gasteiger charge is -2.14. The van der Waals surface area contributed by atoms with Crippen molar-refractivity contribution in [3.8, 4) is 5.75 Å². The van der Waals surface area contributed by atoms with Gasteiger partial charge in [-0.1, -0.05) is 11.6 Å². The molecule has 0 aliphatic rings. The molecule has 0 bridgehead atoms. The molecule has 0 aromatic heterocycles. The van der Waals surface area contributed by atoms with Crippen molar-refractivity contribution in [3.05, 3.63) is 29.3 Å². The van der Waals surface area contributed by atoms with Crippen molar-refractivity contribution >= 4 is 5.91 Å². The fraction of sp³-hybridized carbons (Fsp3) is 0.533. The Morgan fingerprint density at radius 3 is 2.85 bits per heavy atom. The van der Waals surface area contributed by atoms with Crippen molar-refractivity contribution in [1.82, 2.24) is 5.32 Å². The number of nitrogens with one attached hydrogen (secondary N) is 1. The highest BCUT2D eigenvalue weighted by Gasteiger charge is 2.11. The molecule has 0 aliphatic carbocycles. The van der Waals surface area contributed by atoms with Crippen LogP contribution in [0.2, 0.25) is 0 Å². The topological polar surface area (TPSA) is 67.8 Å². The van der Waals surface area contributed by atoms with Crippen LogP contribution in [-0.2, 0) is 9.53 Å². The molecule has 0 aliphatic heterocycles. The normalized spacial score (nSPS) is 12.0. The van der Waals surface area contributed by atoms with E-state index in [-0.39, 0.29) is 12.5 Å². The summed E-state index contributed by atoms with van der Waals surface area (Å²) in [6, 6.07) is 5.52. The molecule has 1 atom stereocenters. The van der Waals surface area contributed by atoms with Crippen LogP contribution in [0.15, 0.2) is 18.2 Å². The van der Waals surface area contributed by atoms with Gasteiger partial charge in [0.25, 0.3) is 5.91 Å². The number of carbonyl (C=O) groups excluding carboxylic acids is 1. The molecule has 0 heterocycles. The second-order valence-corrected chi connectivity index (χ2v) is 4.70. The highest BCUT2D eigenvalue weighted by atomic mass is 16.5. The van der Waals surface area contributed by atoms with Crippen molar-refractivity contribution in [2.24, 2.45) is 0 Å². The standard InChI is InChI=1S/C15H23NO4/c1-11-5-6-14(13(9-11)12(2)17)20-10-15(18)16-7-4-8-19-3/h5-6,9,12,17H,4,7-8,10H2,1-3H3,(H,16,18)/t12-/m1/s1. The van der Waals surface area contributed by atoms with Crippen molar-refractivity contribution in [2.45, 2.75) is 26.4 Å². The molecule has 0 fully saturated rings. The lowest BCUT2D eigenvalue weighted by molar-refractivity contribution is -0.123. The number of hydrogen-bond donors (Lipinski definition) is 2. The molecule has 0 spiro atoms. The van der Waals surface area contributed by atoms with Gasteiger partial charge in [-0.3, -0.25) is 4.79 Å². The molecule has 5 nitrogen and oxygen atoms in total. The average molecular weight is 281 g/mol. The maximum atomic E-state index is 11.6. The number of benzene rings is 1. The number of amides is 1. The molecule has 1 aromatic rings. The predicted octanol–water partition coefficient (Wildman–Crippen LogP) is 1.58. The van der Waals surface area contributed by atoms with Crippen molar-refractivity contribution < 1.29 is 19.4 Å². The summed E-state index contributed by atoms with van der Waals surface area (Å²) in [7, 11) is 1.62. The SMILES string of the molecule is COCCCNC(=O)COc1ccc(C)cc1[C@@H](C)O. The van der Waals surface area contributed by atoms with Crippen LogP contribution in [0.25, 0.3) is 0 Å². The van der Waals surface area contributed by atoms with E-state index in [4.69, 9.17) is 9.47 Å². The Labute approximate surface area is 119 Å². The van der Waals surface area contributed by atoms with Crippen LogP contribution in [0.1, 0.15) is 30.6 Å². The third-order valence-corrected chi connectivity index (χ3v) is 2.82. The zero-order chi connectivity index (χ0) is 15.0. The van der Waals surface area contributed by atoms with E-state index in [1.807, 2.05) is 19.1 Å². The Morgan fingerprint density at radius 2 is 2.20 bits per heavy atom. The molecule has 5 heteroatoms. The van der Waals surface area contributed by atoms with Crippen LogP contribution in [0.3, 0.4) is 0 Å². The molecule has 0 radical (unpaired) electrons. The minimum absolute atomic E-state index is 0.0598. The van der Waals surface area contributed by atoms with E-state index in [1.54, 1.807) is 20.1 Å². The van der Waals surface area contributed by atoms with Gasteiger partial charge < -0.3 is 19.9 Å². The number of aliphatic hydroxyl groups is 1. The first-order valence-corrected chi connectivity index (χ1v) is 6.71. The minimum atomic E-state index is -0.630. The molecule has 112 valence electrons. The maximum Gasteiger partial charge on any atom is 0.257 e. The minimum Gasteiger partial charge on any atom is -0.483 e. The van der Waals surface area contributed by atoms with Gasteiger partial charge in [0.15, 0.2) is 6.61 Å². The zero-order valence-electron chi connectivity index (χ0n) is 12.3. The van der Waals surface area contributed by atoms with Crippen molar-refractivity contribution in [2.75, 3.05) is 26.9 Å². The number of aliphatic hydroxyl groups excluding tert-OH is 1. The Balaban J connectivity index is 2.47. The summed E-state index contributed by atoms with van der Waals surface area (Å²) in [6.45, 7) is 4.73. The third-order valence-electron chi connectivity index (χ3n) is 2.82. The first-order chi connectivity index (χ1) is 9.54. The predicted molar refractivity (Wildman–Crippen MR) is 76.8 cm³/mol. The van der Waals surface area contributed by atoms with Gasteiger partial charge in [-0.05, 0) is 32.4 Å². The fourth-order valence-electron chi connectivity index (χ4n) is 1.76. The van der Waals surface area contributed by atoms with E-state index in [9.17, 15) is 9.90 Å². The van der Waals surface area contributed by atoms with Gasteiger partial charge in [0, 0.05) is 25.8 Å². The number of ether oxygens (including phenoxy) is 2. The van der Waals surface area contributed by atoms with Crippen molar-refractivity contribution in [3.63, 3.8) is 0 Å². The van der Waals surface area contributed by atoms with Crippen molar-refractivity contribution in [1.29, 1.82) is 0 Å². The Hall–Kier alpha value is -1.59. The summed E-state index contributed by atoms with van der Waals surface area (Å²) in [5.74, 6) is 0.357. The summed E-state index contributed by atoms with van der Waals surface area (Å²) in [5, 5.41) is 12.4. The smallest absolute Gasteiger partial charge is 0.257 e. The van der Waals surface area contributed by atoms with Crippen LogP contribution in [0.5, 0.6) is 5.75 Å². The fourth-order valence-corrected chi connectivity index (χ4v) is 1.76. The Bertz CT molecular complexity index is 432. The summed E-state index contributed by atoms with van der Waals surface area (Å²) in [5.41, 5.74) is 1.73. The van der Waals surface area contributed by atoms with Gasteiger partial charge in [0.05, 0.1) is 6.10 Å². The van der Waals surface area contributed by atoms with Crippen LogP contribution in [-0.4, -0.2) is 37.9 Å². The molecule has 0 saturated carbocycles. The van der Waals surface area contributed by atoms with Gasteiger partial charge >= 0.3 is 0 Å².